The van der Waals surface area contributed by atoms with Gasteiger partial charge in [0.05, 0.1) is 5.56 Å². The van der Waals surface area contributed by atoms with E-state index in [2.05, 4.69) is 15.0 Å². The van der Waals surface area contributed by atoms with Gasteiger partial charge in [-0.05, 0) is 31.4 Å². The molecular weight excluding hydrogens is 276 g/mol. The standard InChI is InChI=1S/C14H15F2N5/c1-8-4-5-9(15)10(11(8)16)12-18-13(17)20-14(19-12)21-6-2-3-7-21/h4-5H,2-3,6-7H2,1H3,(H2,17,18,19,20). The number of aromatic nitrogens is 3. The maximum Gasteiger partial charge on any atom is 0.230 e. The number of nitrogen functional groups attached to an aromatic ring is 1. The van der Waals surface area contributed by atoms with Crippen LogP contribution >= 0.6 is 0 Å². The fraction of sp³-hybridized carbons (Fsp3) is 0.357. The third kappa shape index (κ3) is 2.51. The van der Waals surface area contributed by atoms with Gasteiger partial charge in [0.2, 0.25) is 11.9 Å². The van der Waals surface area contributed by atoms with Gasteiger partial charge in [0, 0.05) is 13.1 Å². The molecule has 2 heterocycles. The fourth-order valence-corrected chi connectivity index (χ4v) is 2.41. The van der Waals surface area contributed by atoms with Crippen molar-refractivity contribution in [2.75, 3.05) is 23.7 Å². The van der Waals surface area contributed by atoms with Crippen LogP contribution in [0.1, 0.15) is 18.4 Å². The summed E-state index contributed by atoms with van der Waals surface area (Å²) in [5.41, 5.74) is 5.74. The van der Waals surface area contributed by atoms with E-state index < -0.39 is 11.6 Å². The van der Waals surface area contributed by atoms with Crippen LogP contribution in [0.3, 0.4) is 0 Å². The molecule has 7 heteroatoms. The van der Waals surface area contributed by atoms with Crippen molar-refractivity contribution in [1.29, 1.82) is 0 Å². The number of halogens is 2. The third-order valence-electron chi connectivity index (χ3n) is 3.54. The molecule has 0 bridgehead atoms. The maximum atomic E-state index is 14.2. The van der Waals surface area contributed by atoms with Crippen LogP contribution in [0.15, 0.2) is 12.1 Å². The molecule has 3 rings (SSSR count). The third-order valence-corrected chi connectivity index (χ3v) is 3.54. The molecule has 5 nitrogen and oxygen atoms in total. The summed E-state index contributed by atoms with van der Waals surface area (Å²) in [4.78, 5) is 14.1. The van der Waals surface area contributed by atoms with Crippen LogP contribution in [-0.2, 0) is 0 Å². The monoisotopic (exact) mass is 291 g/mol. The van der Waals surface area contributed by atoms with Crippen LogP contribution in [0.5, 0.6) is 0 Å². The minimum Gasteiger partial charge on any atom is -0.368 e. The number of aryl methyl sites for hydroxylation is 1. The molecule has 0 amide bonds. The lowest BCUT2D eigenvalue weighted by Gasteiger charge is -2.16. The molecule has 1 aliphatic heterocycles. The Balaban J connectivity index is 2.12. The van der Waals surface area contributed by atoms with E-state index in [1.54, 1.807) is 6.92 Å². The first-order chi connectivity index (χ1) is 10.1. The highest BCUT2D eigenvalue weighted by Gasteiger charge is 2.21. The first kappa shape index (κ1) is 13.7. The number of hydrogen-bond donors (Lipinski definition) is 1. The van der Waals surface area contributed by atoms with Crippen molar-refractivity contribution in [2.24, 2.45) is 0 Å². The highest BCUT2D eigenvalue weighted by molar-refractivity contribution is 5.60. The summed E-state index contributed by atoms with van der Waals surface area (Å²) in [6.45, 7) is 3.17. The Morgan fingerprint density at radius 3 is 2.52 bits per heavy atom. The van der Waals surface area contributed by atoms with Gasteiger partial charge in [-0.25, -0.2) is 8.78 Å². The highest BCUT2D eigenvalue weighted by atomic mass is 19.1. The summed E-state index contributed by atoms with van der Waals surface area (Å²) in [5.74, 6) is -1.12. The molecular formula is C14H15F2N5. The normalized spacial score (nSPS) is 14.7. The lowest BCUT2D eigenvalue weighted by atomic mass is 10.1. The molecule has 1 aromatic heterocycles. The van der Waals surface area contributed by atoms with E-state index in [0.29, 0.717) is 11.5 Å². The molecule has 21 heavy (non-hydrogen) atoms. The summed E-state index contributed by atoms with van der Waals surface area (Å²) >= 11 is 0. The molecule has 1 saturated heterocycles. The Kier molecular flexibility index (Phi) is 3.40. The average molecular weight is 291 g/mol. The molecule has 2 N–H and O–H groups in total. The van der Waals surface area contributed by atoms with Gasteiger partial charge in [0.1, 0.15) is 11.6 Å². The van der Waals surface area contributed by atoms with Crippen LogP contribution in [0, 0.1) is 18.6 Å². The quantitative estimate of drug-likeness (QED) is 0.919. The first-order valence-electron chi connectivity index (χ1n) is 6.78. The molecule has 0 atom stereocenters. The summed E-state index contributed by atoms with van der Waals surface area (Å²) < 4.78 is 28.2. The second-order valence-corrected chi connectivity index (χ2v) is 5.06. The number of anilines is 2. The lowest BCUT2D eigenvalue weighted by Crippen LogP contribution is -2.21. The zero-order chi connectivity index (χ0) is 15.0. The summed E-state index contributed by atoms with van der Waals surface area (Å²) in [7, 11) is 0. The van der Waals surface area contributed by atoms with Gasteiger partial charge in [-0.15, -0.1) is 0 Å². The van der Waals surface area contributed by atoms with Crippen molar-refractivity contribution in [2.45, 2.75) is 19.8 Å². The Hall–Kier alpha value is -2.31. The van der Waals surface area contributed by atoms with Crippen molar-refractivity contribution < 1.29 is 8.78 Å². The zero-order valence-electron chi connectivity index (χ0n) is 11.6. The van der Waals surface area contributed by atoms with Gasteiger partial charge in [0.25, 0.3) is 0 Å². The molecule has 0 radical (unpaired) electrons. The molecule has 1 fully saturated rings. The van der Waals surface area contributed by atoms with Crippen LogP contribution in [-0.4, -0.2) is 28.0 Å². The zero-order valence-corrected chi connectivity index (χ0v) is 11.6. The van der Waals surface area contributed by atoms with Crippen LogP contribution < -0.4 is 10.6 Å². The summed E-state index contributed by atoms with van der Waals surface area (Å²) in [6.07, 6.45) is 2.07. The molecule has 1 aliphatic rings. The SMILES string of the molecule is Cc1ccc(F)c(-c2nc(N)nc(N3CCCC3)n2)c1F. The first-order valence-corrected chi connectivity index (χ1v) is 6.78. The average Bonchev–Trinajstić information content (AvgIpc) is 2.97. The van der Waals surface area contributed by atoms with Crippen LogP contribution in [0.2, 0.25) is 0 Å². The number of nitrogens with zero attached hydrogens (tertiary/aromatic N) is 4. The van der Waals surface area contributed by atoms with Crippen molar-refractivity contribution >= 4 is 11.9 Å². The Labute approximate surface area is 120 Å². The van der Waals surface area contributed by atoms with Crippen molar-refractivity contribution in [1.82, 2.24) is 15.0 Å². The van der Waals surface area contributed by atoms with Gasteiger partial charge in [0.15, 0.2) is 5.82 Å². The topological polar surface area (TPSA) is 67.9 Å². The van der Waals surface area contributed by atoms with E-state index in [0.717, 1.165) is 25.9 Å². The van der Waals surface area contributed by atoms with Gasteiger partial charge in [-0.3, -0.25) is 0 Å². The van der Waals surface area contributed by atoms with Crippen LogP contribution in [0.4, 0.5) is 20.7 Å². The molecule has 0 aliphatic carbocycles. The minimum atomic E-state index is -0.712. The number of nitrogens with two attached hydrogens (primary N) is 1. The maximum absolute atomic E-state index is 14.2. The number of rotatable bonds is 2. The molecule has 0 spiro atoms. The Morgan fingerprint density at radius 2 is 1.81 bits per heavy atom. The van der Waals surface area contributed by atoms with Crippen LogP contribution in [0.25, 0.3) is 11.4 Å². The molecule has 2 aromatic rings. The smallest absolute Gasteiger partial charge is 0.230 e. The summed E-state index contributed by atoms with van der Waals surface area (Å²) in [6, 6.07) is 2.57. The number of benzene rings is 1. The van der Waals surface area contributed by atoms with E-state index in [1.165, 1.54) is 12.1 Å². The van der Waals surface area contributed by atoms with Crippen molar-refractivity contribution in [3.63, 3.8) is 0 Å². The summed E-state index contributed by atoms with van der Waals surface area (Å²) in [5, 5.41) is 0. The molecule has 0 unspecified atom stereocenters. The van der Waals surface area contributed by atoms with E-state index in [9.17, 15) is 8.78 Å². The van der Waals surface area contributed by atoms with E-state index >= 15 is 0 Å². The fourth-order valence-electron chi connectivity index (χ4n) is 2.41. The van der Waals surface area contributed by atoms with E-state index in [1.807, 2.05) is 4.90 Å². The van der Waals surface area contributed by atoms with E-state index in [-0.39, 0.29) is 17.3 Å². The second-order valence-electron chi connectivity index (χ2n) is 5.06. The van der Waals surface area contributed by atoms with Gasteiger partial charge in [-0.1, -0.05) is 6.07 Å². The predicted molar refractivity (Wildman–Crippen MR) is 75.8 cm³/mol. The van der Waals surface area contributed by atoms with Crippen molar-refractivity contribution in [3.8, 4) is 11.4 Å². The van der Waals surface area contributed by atoms with Gasteiger partial charge < -0.3 is 10.6 Å². The van der Waals surface area contributed by atoms with Gasteiger partial charge >= 0.3 is 0 Å². The van der Waals surface area contributed by atoms with Crippen molar-refractivity contribution in [3.05, 3.63) is 29.3 Å². The predicted octanol–water partition coefficient (Wildman–Crippen LogP) is 2.31. The Bertz CT molecular complexity index is 683. The lowest BCUT2D eigenvalue weighted by molar-refractivity contribution is 0.581. The highest BCUT2D eigenvalue weighted by Crippen LogP contribution is 2.27. The second kappa shape index (κ2) is 5.23. The van der Waals surface area contributed by atoms with E-state index in [4.69, 9.17) is 5.73 Å². The molecule has 110 valence electrons. The Morgan fingerprint density at radius 1 is 1.10 bits per heavy atom. The number of hydrogen-bond acceptors (Lipinski definition) is 5. The molecule has 0 saturated carbocycles. The largest absolute Gasteiger partial charge is 0.368 e. The van der Waals surface area contributed by atoms with Gasteiger partial charge in [-0.2, -0.15) is 15.0 Å². The minimum absolute atomic E-state index is 0.0396. The molecule has 1 aromatic carbocycles.